The van der Waals surface area contributed by atoms with E-state index in [0.717, 1.165) is 0 Å². The molecule has 32 heteroatoms. The molecule has 7 nitrogen and oxygen atoms in total. The lowest BCUT2D eigenvalue weighted by atomic mass is 9.94. The lowest BCUT2D eigenvalue weighted by Crippen LogP contribution is -2.69. The maximum Gasteiger partial charge on any atom is 0.384 e. The molecule has 0 spiro atoms. The number of esters is 2. The van der Waals surface area contributed by atoms with Crippen LogP contribution in [-0.4, -0.2) is 115 Å². The van der Waals surface area contributed by atoms with Crippen molar-refractivity contribution in [3.05, 3.63) is 0 Å². The van der Waals surface area contributed by atoms with E-state index in [9.17, 15) is 123 Å². The Morgan fingerprint density at radius 2 is 0.780 bits per heavy atom. The minimum Gasteiger partial charge on any atom is -0.459 e. The number of ether oxygens (including phenoxy) is 2. The number of alkyl halides is 24. The second kappa shape index (κ2) is 13.6. The highest BCUT2D eigenvalue weighted by Gasteiger charge is 2.89. The highest BCUT2D eigenvalue weighted by Crippen LogP contribution is 2.59. The van der Waals surface area contributed by atoms with Gasteiger partial charge in [0.05, 0.1) is 6.42 Å². The van der Waals surface area contributed by atoms with Crippen LogP contribution >= 0.6 is 0 Å². The monoisotopic (exact) mass is 826 g/mol. The third-order valence-corrected chi connectivity index (χ3v) is 6.74. The predicted molar refractivity (Wildman–Crippen MR) is 103 cm³/mol. The molecule has 1 atom stereocenters. The van der Waals surface area contributed by atoms with Crippen LogP contribution in [0, 0.1) is 0 Å². The molecule has 1 unspecified atom stereocenters. The van der Waals surface area contributed by atoms with Gasteiger partial charge in [0.15, 0.2) is 18.5 Å². The van der Waals surface area contributed by atoms with Gasteiger partial charge in [-0.25, -0.2) is 17.6 Å². The molecule has 1 N–H and O–H groups in total. The van der Waals surface area contributed by atoms with Crippen LogP contribution < -0.4 is 0 Å². The summed E-state index contributed by atoms with van der Waals surface area (Å²) in [5.41, 5.74) is 0. The molecule has 0 amide bonds. The van der Waals surface area contributed by atoms with Crippen molar-refractivity contribution in [2.45, 2.75) is 83.7 Å². The first-order valence-corrected chi connectivity index (χ1v) is 12.6. The van der Waals surface area contributed by atoms with Crippen molar-refractivity contribution in [3.63, 3.8) is 0 Å². The first kappa shape index (κ1) is 47.2. The molecule has 0 aromatic rings. The van der Waals surface area contributed by atoms with Crippen LogP contribution in [0.25, 0.3) is 0 Å². The van der Waals surface area contributed by atoms with Crippen molar-refractivity contribution in [2.75, 3.05) is 13.2 Å². The molecule has 50 heavy (non-hydrogen) atoms. The van der Waals surface area contributed by atoms with Gasteiger partial charge < -0.3 is 9.47 Å². The van der Waals surface area contributed by atoms with E-state index in [2.05, 4.69) is 9.47 Å². The Morgan fingerprint density at radius 3 is 1.04 bits per heavy atom. The van der Waals surface area contributed by atoms with E-state index in [0.29, 0.717) is 0 Å². The topological polar surface area (TPSA) is 107 Å². The van der Waals surface area contributed by atoms with Gasteiger partial charge in [-0.2, -0.15) is 96.2 Å². The van der Waals surface area contributed by atoms with Crippen LogP contribution in [-0.2, 0) is 29.2 Å². The van der Waals surface area contributed by atoms with Crippen LogP contribution in [0.3, 0.4) is 0 Å². The van der Waals surface area contributed by atoms with Gasteiger partial charge in [0, 0.05) is 0 Å². The van der Waals surface area contributed by atoms with Gasteiger partial charge in [-0.3, -0.25) is 14.1 Å². The Morgan fingerprint density at radius 1 is 0.500 bits per heavy atom. The molecule has 0 aliphatic carbocycles. The zero-order chi connectivity index (χ0) is 40.9. The highest BCUT2D eigenvalue weighted by molar-refractivity contribution is 7.87. The number of carbonyl (C=O) groups is 2. The summed E-state index contributed by atoms with van der Waals surface area (Å²) in [6.07, 6.45) is -14.7. The molecule has 0 aromatic carbocycles. The normalized spacial score (nSPS) is 16.1. The molecular formula is C18H10F24O7S. The summed E-state index contributed by atoms with van der Waals surface area (Å²) >= 11 is 0. The molecule has 0 aromatic heterocycles. The van der Waals surface area contributed by atoms with Crippen LogP contribution in [0.2, 0.25) is 0 Å². The van der Waals surface area contributed by atoms with Crippen LogP contribution in [0.1, 0.15) is 6.42 Å². The highest BCUT2D eigenvalue weighted by atomic mass is 32.2. The van der Waals surface area contributed by atoms with Crippen LogP contribution in [0.4, 0.5) is 105 Å². The van der Waals surface area contributed by atoms with E-state index in [1.54, 1.807) is 0 Å². The van der Waals surface area contributed by atoms with Crippen molar-refractivity contribution < 1.29 is 137 Å². The fourth-order valence-corrected chi connectivity index (χ4v) is 3.33. The van der Waals surface area contributed by atoms with Gasteiger partial charge in [-0.05, 0) is 0 Å². The molecule has 0 saturated heterocycles. The van der Waals surface area contributed by atoms with Gasteiger partial charge in [0.25, 0.3) is 10.1 Å². The summed E-state index contributed by atoms with van der Waals surface area (Å²) in [6.45, 7) is -7.72. The second-order valence-corrected chi connectivity index (χ2v) is 10.8. The Labute approximate surface area is 257 Å². The van der Waals surface area contributed by atoms with Gasteiger partial charge in [0.2, 0.25) is 0 Å². The molecule has 0 heterocycles. The molecule has 0 aliphatic heterocycles. The summed E-state index contributed by atoms with van der Waals surface area (Å²) < 4.78 is 352. The first-order valence-electron chi connectivity index (χ1n) is 11.1. The van der Waals surface area contributed by atoms with E-state index in [4.69, 9.17) is 4.55 Å². The summed E-state index contributed by atoms with van der Waals surface area (Å²) in [7, 11) is -6.56. The summed E-state index contributed by atoms with van der Waals surface area (Å²) in [6, 6.07) is 0. The fourth-order valence-electron chi connectivity index (χ4n) is 2.67. The number of hydrogen-bond acceptors (Lipinski definition) is 6. The molecule has 0 fully saturated rings. The smallest absolute Gasteiger partial charge is 0.384 e. The average molecular weight is 826 g/mol. The van der Waals surface area contributed by atoms with Crippen molar-refractivity contribution in [3.8, 4) is 0 Å². The maximum atomic E-state index is 13.7. The minimum atomic E-state index is -8.23. The SMILES string of the molecule is O=C(CC(C(=O)OCC(F)(F)C(F)(F)C(F)(F)C(F)(F)C(F)(F)C(F)F)S(=O)(=O)O)OCC(F)(F)C(F)(F)C(F)(F)C(F)(F)C(F)(F)C(F)F. The van der Waals surface area contributed by atoms with Gasteiger partial charge in [0.1, 0.15) is 0 Å². The fraction of sp³-hybridized carbons (Fsp3) is 0.889. The quantitative estimate of drug-likeness (QED) is 0.0944. The minimum absolute atomic E-state index is 2.86. The molecule has 0 bridgehead atoms. The van der Waals surface area contributed by atoms with Gasteiger partial charge in [-0.15, -0.1) is 0 Å². The molecule has 298 valence electrons. The average Bonchev–Trinajstić information content (AvgIpc) is 2.91. The summed E-state index contributed by atoms with van der Waals surface area (Å²) in [5, 5.41) is -4.10. The summed E-state index contributed by atoms with van der Waals surface area (Å²) in [4.78, 5) is 23.2. The molecule has 0 aliphatic rings. The summed E-state index contributed by atoms with van der Waals surface area (Å²) in [5.74, 6) is -84.2. The van der Waals surface area contributed by atoms with Crippen molar-refractivity contribution in [1.82, 2.24) is 0 Å². The maximum absolute atomic E-state index is 13.7. The molecule has 0 saturated carbocycles. The van der Waals surface area contributed by atoms with Crippen molar-refractivity contribution in [1.29, 1.82) is 0 Å². The van der Waals surface area contributed by atoms with Crippen molar-refractivity contribution in [2.24, 2.45) is 0 Å². The van der Waals surface area contributed by atoms with E-state index in [-0.39, 0.29) is 0 Å². The third-order valence-electron chi connectivity index (χ3n) is 5.67. The number of rotatable bonds is 18. The Bertz CT molecular complexity index is 1340. The third kappa shape index (κ3) is 7.67. The second-order valence-electron chi connectivity index (χ2n) is 9.18. The van der Waals surface area contributed by atoms with Gasteiger partial charge in [-0.1, -0.05) is 0 Å². The number of hydrogen-bond donors (Lipinski definition) is 1. The zero-order valence-corrected chi connectivity index (χ0v) is 23.0. The standard InChI is InChI=1S/C18H10F24O7S/c19-7(20)11(27,28)15(35,36)17(39,40)13(31,32)9(23,24)2-48-5(43)1-4(50(45,46)47)6(44)49-3-10(25,26)14(33,34)18(41,42)16(37,38)12(29,30)8(21)22/h4,7-8H,1-3H2,(H,45,46,47). The molecule has 0 rings (SSSR count). The molecule has 0 radical (unpaired) electrons. The Balaban J connectivity index is 6.16. The Hall–Kier alpha value is -2.83. The van der Waals surface area contributed by atoms with E-state index >= 15 is 0 Å². The van der Waals surface area contributed by atoms with Crippen LogP contribution in [0.5, 0.6) is 0 Å². The van der Waals surface area contributed by atoms with E-state index < -0.39 is 119 Å². The lowest BCUT2D eigenvalue weighted by Gasteiger charge is -2.39. The lowest BCUT2D eigenvalue weighted by molar-refractivity contribution is -0.414. The largest absolute Gasteiger partial charge is 0.459 e. The number of carbonyl (C=O) groups excluding carboxylic acids is 2. The van der Waals surface area contributed by atoms with Crippen molar-refractivity contribution >= 4 is 22.1 Å². The number of halogens is 24. The zero-order valence-electron chi connectivity index (χ0n) is 22.2. The van der Waals surface area contributed by atoms with E-state index in [1.165, 1.54) is 0 Å². The Kier molecular flexibility index (Phi) is 12.8. The molecular weight excluding hydrogens is 816 g/mol. The van der Waals surface area contributed by atoms with Gasteiger partial charge >= 0.3 is 84.0 Å². The predicted octanol–water partition coefficient (Wildman–Crippen LogP) is 6.60. The van der Waals surface area contributed by atoms with E-state index in [1.807, 2.05) is 0 Å². The first-order chi connectivity index (χ1) is 21.5. The van der Waals surface area contributed by atoms with Crippen LogP contribution in [0.15, 0.2) is 0 Å².